The smallest absolute Gasteiger partial charge is 0.0947 e. The molecular formula is C16H27N3O. The molecule has 112 valence electrons. The molecule has 2 atom stereocenters. The summed E-state index contributed by atoms with van der Waals surface area (Å²) in [5.41, 5.74) is 1.23. The second-order valence-electron chi connectivity index (χ2n) is 6.35. The Kier molecular flexibility index (Phi) is 4.76. The van der Waals surface area contributed by atoms with Gasteiger partial charge in [-0.15, -0.1) is 0 Å². The van der Waals surface area contributed by atoms with Gasteiger partial charge in [0.2, 0.25) is 0 Å². The highest BCUT2D eigenvalue weighted by Gasteiger charge is 2.33. The van der Waals surface area contributed by atoms with Gasteiger partial charge < -0.3 is 19.5 Å². The van der Waals surface area contributed by atoms with E-state index in [1.807, 2.05) is 12.3 Å². The first-order valence-corrected chi connectivity index (χ1v) is 7.97. The third kappa shape index (κ3) is 3.43. The van der Waals surface area contributed by atoms with Crippen molar-refractivity contribution in [1.29, 1.82) is 0 Å². The largest absolute Gasteiger partial charge is 0.472 e. The number of likely N-dealkylation sites (tertiary alicyclic amines) is 2. The van der Waals surface area contributed by atoms with Gasteiger partial charge in [-0.3, -0.25) is 0 Å². The first-order chi connectivity index (χ1) is 9.83. The number of nitrogens with zero attached hydrogens (tertiary/aromatic N) is 2. The Labute approximate surface area is 122 Å². The van der Waals surface area contributed by atoms with Crippen LogP contribution in [-0.2, 0) is 6.54 Å². The van der Waals surface area contributed by atoms with Gasteiger partial charge in [0.1, 0.15) is 0 Å². The fourth-order valence-electron chi connectivity index (χ4n) is 3.79. The maximum absolute atomic E-state index is 5.08. The van der Waals surface area contributed by atoms with Crippen molar-refractivity contribution in [3.05, 3.63) is 24.2 Å². The van der Waals surface area contributed by atoms with Gasteiger partial charge in [0.25, 0.3) is 0 Å². The van der Waals surface area contributed by atoms with Crippen molar-refractivity contribution in [1.82, 2.24) is 15.1 Å². The molecule has 0 spiro atoms. The van der Waals surface area contributed by atoms with Crippen LogP contribution in [0.2, 0.25) is 0 Å². The van der Waals surface area contributed by atoms with Crippen molar-refractivity contribution in [3.8, 4) is 0 Å². The SMILES string of the molecule is CN1CCCC2CN(CCNCc3ccoc3)CCC21. The summed E-state index contributed by atoms with van der Waals surface area (Å²) < 4.78 is 5.08. The quantitative estimate of drug-likeness (QED) is 0.832. The summed E-state index contributed by atoms with van der Waals surface area (Å²) in [6, 6.07) is 2.87. The maximum atomic E-state index is 5.08. The molecule has 0 saturated carbocycles. The van der Waals surface area contributed by atoms with E-state index in [4.69, 9.17) is 4.42 Å². The van der Waals surface area contributed by atoms with E-state index in [-0.39, 0.29) is 0 Å². The van der Waals surface area contributed by atoms with Crippen LogP contribution in [0, 0.1) is 5.92 Å². The normalized spacial score (nSPS) is 28.4. The van der Waals surface area contributed by atoms with Crippen molar-refractivity contribution in [3.63, 3.8) is 0 Å². The molecule has 2 saturated heterocycles. The lowest BCUT2D eigenvalue weighted by atomic mass is 9.84. The lowest BCUT2D eigenvalue weighted by Gasteiger charge is -2.46. The fourth-order valence-corrected chi connectivity index (χ4v) is 3.79. The summed E-state index contributed by atoms with van der Waals surface area (Å²) in [5, 5.41) is 3.50. The fraction of sp³-hybridized carbons (Fsp3) is 0.750. The average molecular weight is 277 g/mol. The number of fused-ring (bicyclic) bond motifs is 1. The van der Waals surface area contributed by atoms with Gasteiger partial charge in [0.15, 0.2) is 0 Å². The number of piperidine rings is 2. The lowest BCUT2D eigenvalue weighted by molar-refractivity contribution is 0.0391. The maximum Gasteiger partial charge on any atom is 0.0947 e. The first-order valence-electron chi connectivity index (χ1n) is 7.97. The second-order valence-corrected chi connectivity index (χ2v) is 6.35. The molecule has 0 radical (unpaired) electrons. The van der Waals surface area contributed by atoms with Crippen molar-refractivity contribution < 1.29 is 4.42 Å². The summed E-state index contributed by atoms with van der Waals surface area (Å²) >= 11 is 0. The van der Waals surface area contributed by atoms with E-state index >= 15 is 0 Å². The van der Waals surface area contributed by atoms with Gasteiger partial charge >= 0.3 is 0 Å². The predicted octanol–water partition coefficient (Wildman–Crippen LogP) is 1.79. The van der Waals surface area contributed by atoms with Crippen molar-refractivity contribution in [2.24, 2.45) is 5.92 Å². The van der Waals surface area contributed by atoms with Crippen LogP contribution in [0.15, 0.2) is 23.0 Å². The topological polar surface area (TPSA) is 31.6 Å². The molecule has 20 heavy (non-hydrogen) atoms. The van der Waals surface area contributed by atoms with E-state index < -0.39 is 0 Å². The Morgan fingerprint density at radius 3 is 3.15 bits per heavy atom. The van der Waals surface area contributed by atoms with Crippen LogP contribution >= 0.6 is 0 Å². The standard InChI is InChI=1S/C16H27N3O/c1-18-7-2-3-15-12-19(8-4-16(15)18)9-6-17-11-14-5-10-20-13-14/h5,10,13,15-17H,2-4,6-9,11-12H2,1H3. The Bertz CT molecular complexity index is 392. The molecule has 1 N–H and O–H groups in total. The Balaban J connectivity index is 1.37. The number of hydrogen-bond acceptors (Lipinski definition) is 4. The highest BCUT2D eigenvalue weighted by Crippen LogP contribution is 2.29. The first kappa shape index (κ1) is 14.1. The molecule has 0 amide bonds. The minimum atomic E-state index is 0.846. The predicted molar refractivity (Wildman–Crippen MR) is 80.6 cm³/mol. The van der Waals surface area contributed by atoms with Gasteiger partial charge in [-0.1, -0.05) is 0 Å². The minimum Gasteiger partial charge on any atom is -0.472 e. The highest BCUT2D eigenvalue weighted by molar-refractivity contribution is 5.04. The molecule has 3 heterocycles. The second kappa shape index (κ2) is 6.74. The van der Waals surface area contributed by atoms with Crippen molar-refractivity contribution >= 4 is 0 Å². The monoisotopic (exact) mass is 277 g/mol. The summed E-state index contributed by atoms with van der Waals surface area (Å²) in [4.78, 5) is 5.23. The molecule has 2 fully saturated rings. The van der Waals surface area contributed by atoms with E-state index in [1.165, 1.54) is 51.0 Å². The van der Waals surface area contributed by atoms with Crippen molar-refractivity contribution in [2.45, 2.75) is 31.8 Å². The third-order valence-corrected chi connectivity index (χ3v) is 4.94. The number of nitrogens with one attached hydrogen (secondary N) is 1. The summed E-state index contributed by atoms with van der Waals surface area (Å²) in [5.74, 6) is 0.899. The van der Waals surface area contributed by atoms with E-state index in [0.29, 0.717) is 0 Å². The molecule has 2 unspecified atom stereocenters. The molecule has 2 aliphatic heterocycles. The van der Waals surface area contributed by atoms with Crippen LogP contribution in [0.4, 0.5) is 0 Å². The zero-order chi connectivity index (χ0) is 13.8. The van der Waals surface area contributed by atoms with Crippen LogP contribution in [0.25, 0.3) is 0 Å². The van der Waals surface area contributed by atoms with Gasteiger partial charge in [-0.05, 0) is 51.4 Å². The molecule has 1 aromatic rings. The zero-order valence-electron chi connectivity index (χ0n) is 12.6. The Hall–Kier alpha value is -0.840. The molecule has 2 aliphatic rings. The van der Waals surface area contributed by atoms with Gasteiger partial charge in [0.05, 0.1) is 12.5 Å². The molecule has 0 aliphatic carbocycles. The zero-order valence-corrected chi connectivity index (χ0v) is 12.6. The number of rotatable bonds is 5. The van der Waals surface area contributed by atoms with Crippen molar-refractivity contribution in [2.75, 3.05) is 39.8 Å². The Morgan fingerprint density at radius 2 is 2.30 bits per heavy atom. The average Bonchev–Trinajstić information content (AvgIpc) is 2.97. The molecular weight excluding hydrogens is 250 g/mol. The van der Waals surface area contributed by atoms with Crippen LogP contribution < -0.4 is 5.32 Å². The van der Waals surface area contributed by atoms with E-state index in [1.54, 1.807) is 6.26 Å². The molecule has 1 aromatic heterocycles. The Morgan fingerprint density at radius 1 is 1.35 bits per heavy atom. The lowest BCUT2D eigenvalue weighted by Crippen LogP contribution is -2.53. The van der Waals surface area contributed by atoms with Gasteiger partial charge in [-0.25, -0.2) is 0 Å². The van der Waals surface area contributed by atoms with Gasteiger partial charge in [-0.2, -0.15) is 0 Å². The minimum absolute atomic E-state index is 0.846. The van der Waals surface area contributed by atoms with Crippen LogP contribution in [0.5, 0.6) is 0 Å². The van der Waals surface area contributed by atoms with E-state index in [9.17, 15) is 0 Å². The van der Waals surface area contributed by atoms with Crippen LogP contribution in [0.1, 0.15) is 24.8 Å². The van der Waals surface area contributed by atoms with Crippen LogP contribution in [0.3, 0.4) is 0 Å². The van der Waals surface area contributed by atoms with Crippen LogP contribution in [-0.4, -0.2) is 55.6 Å². The molecule has 3 rings (SSSR count). The number of furan rings is 1. The van der Waals surface area contributed by atoms with E-state index in [0.717, 1.165) is 25.0 Å². The van der Waals surface area contributed by atoms with Gasteiger partial charge in [0, 0.05) is 37.8 Å². The summed E-state index contributed by atoms with van der Waals surface area (Å²) in [6.45, 7) is 7.01. The number of hydrogen-bond donors (Lipinski definition) is 1. The highest BCUT2D eigenvalue weighted by atomic mass is 16.3. The molecule has 4 heteroatoms. The summed E-state index contributed by atoms with van der Waals surface area (Å²) in [6.07, 6.45) is 7.71. The molecule has 4 nitrogen and oxygen atoms in total. The third-order valence-electron chi connectivity index (χ3n) is 4.94. The summed E-state index contributed by atoms with van der Waals surface area (Å²) in [7, 11) is 2.30. The van der Waals surface area contributed by atoms with E-state index in [2.05, 4.69) is 22.2 Å². The molecule has 0 bridgehead atoms. The molecule has 0 aromatic carbocycles.